The minimum absolute atomic E-state index is 0.365. The van der Waals surface area contributed by atoms with Crippen molar-refractivity contribution >= 4 is 0 Å². The molecule has 3 heteroatoms. The largest absolute Gasteiger partial charge is 0.341 e. The maximum absolute atomic E-state index is 9.36. The van der Waals surface area contributed by atoms with Crippen LogP contribution in [0.2, 0.25) is 0 Å². The topological polar surface area (TPSA) is 52.5 Å². The van der Waals surface area contributed by atoms with Gasteiger partial charge >= 0.3 is 0 Å². The van der Waals surface area contributed by atoms with Crippen molar-refractivity contribution in [3.63, 3.8) is 0 Å². The Balaban J connectivity index is 2.02. The highest BCUT2D eigenvalue weighted by atomic mass is 14.9. The van der Waals surface area contributed by atoms with E-state index < -0.39 is 0 Å². The van der Waals surface area contributed by atoms with E-state index in [0.717, 1.165) is 30.8 Å². The molecule has 0 spiro atoms. The van der Waals surface area contributed by atoms with Crippen LogP contribution in [0.5, 0.6) is 0 Å². The smallest absolute Gasteiger partial charge is 0.127 e. The Bertz CT molecular complexity index is 657. The molecule has 1 aromatic heterocycles. The third kappa shape index (κ3) is 1.84. The minimum Gasteiger partial charge on any atom is -0.341 e. The molecule has 0 saturated heterocycles. The van der Waals surface area contributed by atoms with Gasteiger partial charge < -0.3 is 4.98 Å². The summed E-state index contributed by atoms with van der Waals surface area (Å²) in [5, 5.41) is 9.36. The Kier molecular flexibility index (Phi) is 2.67. The van der Waals surface area contributed by atoms with E-state index in [-0.39, 0.29) is 5.41 Å². The van der Waals surface area contributed by atoms with Crippen LogP contribution < -0.4 is 0 Å². The lowest BCUT2D eigenvalue weighted by Crippen LogP contribution is -2.33. The molecule has 3 nitrogen and oxygen atoms in total. The Morgan fingerprint density at radius 3 is 2.74 bits per heavy atom. The molecule has 3 rings (SSSR count). The van der Waals surface area contributed by atoms with Gasteiger partial charge in [0.1, 0.15) is 11.2 Å². The molecule has 0 amide bonds. The van der Waals surface area contributed by atoms with Crippen LogP contribution in [0.3, 0.4) is 0 Å². The third-order valence-electron chi connectivity index (χ3n) is 4.13. The first-order chi connectivity index (χ1) is 9.14. The average molecular weight is 251 g/mol. The van der Waals surface area contributed by atoms with Gasteiger partial charge in [0.15, 0.2) is 0 Å². The molecule has 1 fully saturated rings. The molecule has 0 aliphatic heterocycles. The van der Waals surface area contributed by atoms with Gasteiger partial charge in [-0.25, -0.2) is 4.98 Å². The summed E-state index contributed by atoms with van der Waals surface area (Å²) < 4.78 is 0. The third-order valence-corrected chi connectivity index (χ3v) is 4.13. The van der Waals surface area contributed by atoms with Crippen molar-refractivity contribution in [2.24, 2.45) is 0 Å². The maximum atomic E-state index is 9.36. The van der Waals surface area contributed by atoms with E-state index in [4.69, 9.17) is 0 Å². The summed E-state index contributed by atoms with van der Waals surface area (Å²) in [6.07, 6.45) is 4.81. The first kappa shape index (κ1) is 12.0. The number of benzene rings is 1. The zero-order valence-corrected chi connectivity index (χ0v) is 11.3. The van der Waals surface area contributed by atoms with Crippen LogP contribution in [0.1, 0.15) is 36.2 Å². The van der Waals surface area contributed by atoms with E-state index in [0.29, 0.717) is 0 Å². The number of hydrogen-bond acceptors (Lipinski definition) is 2. The Morgan fingerprint density at radius 2 is 2.11 bits per heavy atom. The molecule has 0 atom stereocenters. The van der Waals surface area contributed by atoms with Crippen LogP contribution in [0, 0.1) is 25.2 Å². The number of aromatic amines is 1. The Labute approximate surface area is 113 Å². The molecule has 1 aliphatic carbocycles. The zero-order chi connectivity index (χ0) is 13.5. The van der Waals surface area contributed by atoms with Gasteiger partial charge in [-0.15, -0.1) is 0 Å². The Hall–Kier alpha value is -2.08. The first-order valence-corrected chi connectivity index (χ1v) is 6.69. The van der Waals surface area contributed by atoms with Gasteiger partial charge in [-0.1, -0.05) is 17.7 Å². The summed E-state index contributed by atoms with van der Waals surface area (Å²) in [5.41, 5.74) is 4.27. The summed E-state index contributed by atoms with van der Waals surface area (Å²) in [7, 11) is 0. The van der Waals surface area contributed by atoms with E-state index >= 15 is 0 Å². The molecule has 19 heavy (non-hydrogen) atoms. The van der Waals surface area contributed by atoms with Gasteiger partial charge in [0.05, 0.1) is 18.0 Å². The van der Waals surface area contributed by atoms with Gasteiger partial charge in [-0.3, -0.25) is 0 Å². The lowest BCUT2D eigenvalue weighted by Gasteiger charge is -2.32. The van der Waals surface area contributed by atoms with E-state index in [1.54, 1.807) is 0 Å². The molecule has 1 N–H and O–H groups in total. The highest BCUT2D eigenvalue weighted by Crippen LogP contribution is 2.42. The van der Waals surface area contributed by atoms with Crippen molar-refractivity contribution in [3.05, 3.63) is 41.3 Å². The number of nitrogens with zero attached hydrogens (tertiary/aromatic N) is 2. The maximum Gasteiger partial charge on any atom is 0.127 e. The normalized spacial score (nSPS) is 16.7. The summed E-state index contributed by atoms with van der Waals surface area (Å²) in [6, 6.07) is 8.82. The van der Waals surface area contributed by atoms with Gasteiger partial charge in [-0.05, 0) is 44.7 Å². The molecule has 0 bridgehead atoms. The van der Waals surface area contributed by atoms with Crippen LogP contribution in [0.4, 0.5) is 0 Å². The standard InChI is InChI=1S/C16H17N3/c1-11-4-5-12(2)13(8-11)14-9-18-15(19-14)16(10-17)6-3-7-16/h4-5,8-9H,3,6-7H2,1-2H3,(H,18,19). The second-order valence-corrected chi connectivity index (χ2v) is 5.51. The van der Waals surface area contributed by atoms with Crippen molar-refractivity contribution in [2.75, 3.05) is 0 Å². The van der Waals surface area contributed by atoms with Crippen LogP contribution in [-0.4, -0.2) is 9.97 Å². The molecule has 0 radical (unpaired) electrons. The lowest BCUT2D eigenvalue weighted by molar-refractivity contribution is 0.309. The molecule has 2 aromatic rings. The number of rotatable bonds is 2. The van der Waals surface area contributed by atoms with Crippen molar-refractivity contribution in [2.45, 2.75) is 38.5 Å². The number of aromatic nitrogens is 2. The van der Waals surface area contributed by atoms with Crippen LogP contribution in [0.25, 0.3) is 11.3 Å². The molecule has 96 valence electrons. The van der Waals surface area contributed by atoms with E-state index in [1.165, 1.54) is 16.7 Å². The van der Waals surface area contributed by atoms with Crippen molar-refractivity contribution in [3.8, 4) is 17.3 Å². The summed E-state index contributed by atoms with van der Waals surface area (Å²) in [5.74, 6) is 0.831. The van der Waals surface area contributed by atoms with Gasteiger partial charge in [-0.2, -0.15) is 5.26 Å². The predicted octanol–water partition coefficient (Wildman–Crippen LogP) is 3.64. The number of nitriles is 1. The SMILES string of the molecule is Cc1ccc(C)c(-c2cnc(C3(C#N)CCC3)[nH]2)c1. The van der Waals surface area contributed by atoms with Crippen LogP contribution >= 0.6 is 0 Å². The summed E-state index contributed by atoms with van der Waals surface area (Å²) in [4.78, 5) is 7.81. The monoisotopic (exact) mass is 251 g/mol. The minimum atomic E-state index is -0.365. The Morgan fingerprint density at radius 1 is 1.32 bits per heavy atom. The highest BCUT2D eigenvalue weighted by Gasteiger charge is 2.41. The number of aryl methyl sites for hydroxylation is 2. The molecule has 1 heterocycles. The molecule has 0 unspecified atom stereocenters. The number of hydrogen-bond donors (Lipinski definition) is 1. The fraction of sp³-hybridized carbons (Fsp3) is 0.375. The van der Waals surface area contributed by atoms with Crippen LogP contribution in [-0.2, 0) is 5.41 Å². The molecule has 1 aromatic carbocycles. The quantitative estimate of drug-likeness (QED) is 0.886. The zero-order valence-electron chi connectivity index (χ0n) is 11.3. The van der Waals surface area contributed by atoms with Crippen molar-refractivity contribution < 1.29 is 0 Å². The fourth-order valence-electron chi connectivity index (χ4n) is 2.66. The average Bonchev–Trinajstić information content (AvgIpc) is 2.81. The molecular formula is C16H17N3. The van der Waals surface area contributed by atoms with Crippen molar-refractivity contribution in [1.82, 2.24) is 9.97 Å². The van der Waals surface area contributed by atoms with Gasteiger partial charge in [0.2, 0.25) is 0 Å². The number of imidazole rings is 1. The molecular weight excluding hydrogens is 234 g/mol. The summed E-state index contributed by atoms with van der Waals surface area (Å²) in [6.45, 7) is 4.18. The van der Waals surface area contributed by atoms with Crippen molar-refractivity contribution in [1.29, 1.82) is 5.26 Å². The van der Waals surface area contributed by atoms with E-state index in [9.17, 15) is 5.26 Å². The number of H-pyrrole nitrogens is 1. The van der Waals surface area contributed by atoms with E-state index in [1.807, 2.05) is 6.20 Å². The molecule has 1 aliphatic rings. The van der Waals surface area contributed by atoms with Crippen LogP contribution in [0.15, 0.2) is 24.4 Å². The van der Waals surface area contributed by atoms with E-state index in [2.05, 4.69) is 48.1 Å². The second kappa shape index (κ2) is 4.24. The number of nitrogens with one attached hydrogen (secondary N) is 1. The second-order valence-electron chi connectivity index (χ2n) is 5.51. The highest BCUT2D eigenvalue weighted by molar-refractivity contribution is 5.64. The van der Waals surface area contributed by atoms with Gasteiger partial charge in [0, 0.05) is 5.56 Å². The fourth-order valence-corrected chi connectivity index (χ4v) is 2.66. The summed E-state index contributed by atoms with van der Waals surface area (Å²) >= 11 is 0. The lowest BCUT2D eigenvalue weighted by atomic mass is 9.69. The molecule has 1 saturated carbocycles. The van der Waals surface area contributed by atoms with Gasteiger partial charge in [0.25, 0.3) is 0 Å². The predicted molar refractivity (Wildman–Crippen MR) is 74.6 cm³/mol. The first-order valence-electron chi connectivity index (χ1n) is 6.69.